The zero-order valence-corrected chi connectivity index (χ0v) is 24.9. The summed E-state index contributed by atoms with van der Waals surface area (Å²) in [6.07, 6.45) is 5.41. The van der Waals surface area contributed by atoms with E-state index in [-0.39, 0.29) is 37.1 Å². The largest absolute Gasteiger partial charge is 0.516 e. The molecule has 2 heterocycles. The van der Waals surface area contributed by atoms with Crippen molar-refractivity contribution in [3.63, 3.8) is 0 Å². The molecular formula is C31H35IrN2O3-. The minimum atomic E-state index is -0.417. The van der Waals surface area contributed by atoms with Crippen LogP contribution < -0.4 is 4.74 Å². The number of methoxy groups -OCH3 is 1. The standard InChI is InChI=1S/C20H15N2O.C11H20O2.Ir/c1-23-18-6-4-5-15(14-18)19-9-7-16-13-17(8-10-20(16)21-19)22-11-2-3-12-22;1-10(2,3)8(12)7-9(13)11(4,5)6;/h2-4,6-14H,1H3;7,12H,1-6H3;/q-1;;/b;8-7-;. The monoisotopic (exact) mass is 676 g/mol. The van der Waals surface area contributed by atoms with Gasteiger partial charge in [0.25, 0.3) is 0 Å². The minimum Gasteiger partial charge on any atom is -0.516 e. The van der Waals surface area contributed by atoms with Gasteiger partial charge in [-0.25, -0.2) is 0 Å². The Hall–Kier alpha value is -3.21. The summed E-state index contributed by atoms with van der Waals surface area (Å²) in [4.78, 5) is 16.2. The summed E-state index contributed by atoms with van der Waals surface area (Å²) >= 11 is 0. The molecule has 197 valence electrons. The number of hydrogen-bond acceptors (Lipinski definition) is 4. The molecule has 0 aliphatic carbocycles. The fraction of sp³-hybridized carbons (Fsp3) is 0.290. The van der Waals surface area contributed by atoms with Gasteiger partial charge >= 0.3 is 0 Å². The smallest absolute Gasteiger partial charge is 0.164 e. The predicted octanol–water partition coefficient (Wildman–Crippen LogP) is 7.59. The average Bonchev–Trinajstić information content (AvgIpc) is 3.38. The number of aromatic nitrogens is 2. The van der Waals surface area contributed by atoms with Crippen LogP contribution in [0.1, 0.15) is 41.5 Å². The van der Waals surface area contributed by atoms with Gasteiger partial charge in [-0.2, -0.15) is 0 Å². The normalized spacial score (nSPS) is 11.8. The van der Waals surface area contributed by atoms with Crippen molar-refractivity contribution >= 4 is 16.7 Å². The van der Waals surface area contributed by atoms with Gasteiger partial charge in [-0.3, -0.25) is 9.78 Å². The third kappa shape index (κ3) is 8.14. The number of ketones is 1. The molecule has 5 nitrogen and oxygen atoms in total. The van der Waals surface area contributed by atoms with Crippen molar-refractivity contribution in [2.24, 2.45) is 10.8 Å². The summed E-state index contributed by atoms with van der Waals surface area (Å²) in [6, 6.07) is 23.3. The first-order chi connectivity index (χ1) is 16.9. The van der Waals surface area contributed by atoms with E-state index < -0.39 is 5.41 Å². The molecule has 2 aromatic heterocycles. The van der Waals surface area contributed by atoms with Crippen molar-refractivity contribution in [3.05, 3.63) is 91.0 Å². The van der Waals surface area contributed by atoms with E-state index in [9.17, 15) is 9.90 Å². The molecule has 0 saturated heterocycles. The average molecular weight is 676 g/mol. The van der Waals surface area contributed by atoms with Gasteiger partial charge in [0.05, 0.1) is 12.6 Å². The topological polar surface area (TPSA) is 64.3 Å². The second-order valence-corrected chi connectivity index (χ2v) is 10.7. The molecule has 0 atom stereocenters. The van der Waals surface area contributed by atoms with Crippen LogP contribution in [0, 0.1) is 16.9 Å². The maximum atomic E-state index is 11.5. The van der Waals surface area contributed by atoms with Crippen LogP contribution in [-0.4, -0.2) is 27.6 Å². The number of carbonyl (C=O) groups excluding carboxylic acids is 1. The van der Waals surface area contributed by atoms with Crippen LogP contribution in [0.5, 0.6) is 5.75 Å². The van der Waals surface area contributed by atoms with Gasteiger partial charge in [0.2, 0.25) is 0 Å². The first-order valence-electron chi connectivity index (χ1n) is 11.9. The fourth-order valence-corrected chi connectivity index (χ4v) is 3.21. The summed E-state index contributed by atoms with van der Waals surface area (Å²) < 4.78 is 7.36. The Kier molecular flexibility index (Phi) is 10.0. The molecule has 0 spiro atoms. The number of benzene rings is 2. The second kappa shape index (κ2) is 12.4. The van der Waals surface area contributed by atoms with Crippen molar-refractivity contribution in [3.8, 4) is 22.7 Å². The minimum absolute atomic E-state index is 0. The van der Waals surface area contributed by atoms with E-state index in [0.717, 1.165) is 33.6 Å². The van der Waals surface area contributed by atoms with Crippen LogP contribution in [0.15, 0.2) is 84.9 Å². The first kappa shape index (κ1) is 30.0. The molecular weight excluding hydrogens is 641 g/mol. The second-order valence-electron chi connectivity index (χ2n) is 10.7. The number of allylic oxidation sites excluding steroid dienone is 2. The Morgan fingerprint density at radius 3 is 2.24 bits per heavy atom. The summed E-state index contributed by atoms with van der Waals surface area (Å²) in [5, 5.41) is 10.7. The Morgan fingerprint density at radius 2 is 1.65 bits per heavy atom. The van der Waals surface area contributed by atoms with Gasteiger partial charge < -0.3 is 14.4 Å². The van der Waals surface area contributed by atoms with E-state index in [1.165, 1.54) is 6.08 Å². The van der Waals surface area contributed by atoms with Gasteiger partial charge in [0.15, 0.2) is 5.78 Å². The number of carbonyl (C=O) groups is 1. The predicted molar refractivity (Wildman–Crippen MR) is 147 cm³/mol. The summed E-state index contributed by atoms with van der Waals surface area (Å²) in [7, 11) is 1.66. The maximum Gasteiger partial charge on any atom is 0.164 e. The molecule has 6 heteroatoms. The maximum absolute atomic E-state index is 11.5. The number of rotatable bonds is 4. The Labute approximate surface area is 233 Å². The number of aliphatic hydroxyl groups excluding tert-OH is 1. The van der Waals surface area contributed by atoms with Crippen molar-refractivity contribution < 1.29 is 34.7 Å². The van der Waals surface area contributed by atoms with Crippen LogP contribution in [0.4, 0.5) is 0 Å². The zero-order chi connectivity index (χ0) is 26.5. The molecule has 0 aliphatic rings. The van der Waals surface area contributed by atoms with E-state index >= 15 is 0 Å². The van der Waals surface area contributed by atoms with Crippen molar-refractivity contribution in [1.29, 1.82) is 0 Å². The number of pyridine rings is 1. The zero-order valence-electron chi connectivity index (χ0n) is 22.5. The molecule has 4 rings (SSSR count). The van der Waals surface area contributed by atoms with Gasteiger partial charge in [-0.15, -0.1) is 29.8 Å². The van der Waals surface area contributed by atoms with Crippen molar-refractivity contribution in [2.75, 3.05) is 7.11 Å². The number of fused-ring (bicyclic) bond motifs is 1. The Balaban J connectivity index is 0.000000299. The molecule has 0 unspecified atom stereocenters. The number of nitrogens with zero attached hydrogens (tertiary/aromatic N) is 2. The Bertz CT molecular complexity index is 1360. The summed E-state index contributed by atoms with van der Waals surface area (Å²) in [5.74, 6) is 0.913. The third-order valence-electron chi connectivity index (χ3n) is 5.64. The van der Waals surface area contributed by atoms with E-state index in [1.54, 1.807) is 7.11 Å². The number of aliphatic hydroxyl groups is 1. The van der Waals surface area contributed by atoms with Crippen LogP contribution in [0.25, 0.3) is 27.8 Å². The van der Waals surface area contributed by atoms with Crippen molar-refractivity contribution in [1.82, 2.24) is 9.55 Å². The van der Waals surface area contributed by atoms with Gasteiger partial charge in [0.1, 0.15) is 5.76 Å². The van der Waals surface area contributed by atoms with Crippen LogP contribution >= 0.6 is 0 Å². The molecule has 1 N–H and O–H groups in total. The molecule has 0 aliphatic heterocycles. The SMILES string of the molecule is CC(C)(C)C(=O)/C=C(\O)C(C)(C)C.COc1cc[c-]c(-c2ccc3cc(-n4cccc4)ccc3n2)c1.[Ir]. The molecule has 0 bridgehead atoms. The third-order valence-corrected chi connectivity index (χ3v) is 5.64. The van der Waals surface area contributed by atoms with Gasteiger partial charge in [-0.05, 0) is 36.0 Å². The number of hydrogen-bond donors (Lipinski definition) is 1. The first-order valence-corrected chi connectivity index (χ1v) is 11.9. The molecule has 4 aromatic rings. The molecule has 0 amide bonds. The number of ether oxygens (including phenoxy) is 1. The quantitative estimate of drug-likeness (QED) is 0.138. The molecule has 2 aromatic carbocycles. The fourth-order valence-electron chi connectivity index (χ4n) is 3.21. The summed E-state index contributed by atoms with van der Waals surface area (Å²) in [6.45, 7) is 11.1. The van der Waals surface area contributed by atoms with Crippen LogP contribution in [0.2, 0.25) is 0 Å². The van der Waals surface area contributed by atoms with E-state index in [4.69, 9.17) is 9.72 Å². The molecule has 1 radical (unpaired) electrons. The Morgan fingerprint density at radius 1 is 0.973 bits per heavy atom. The van der Waals surface area contributed by atoms with Gasteiger partial charge in [-0.1, -0.05) is 53.7 Å². The molecule has 0 saturated carbocycles. The molecule has 37 heavy (non-hydrogen) atoms. The van der Waals surface area contributed by atoms with Crippen LogP contribution in [0.3, 0.4) is 0 Å². The van der Waals surface area contributed by atoms with Crippen LogP contribution in [-0.2, 0) is 24.9 Å². The van der Waals surface area contributed by atoms with E-state index in [0.29, 0.717) is 0 Å². The van der Waals surface area contributed by atoms with E-state index in [1.807, 2.05) is 96.4 Å². The summed E-state index contributed by atoms with van der Waals surface area (Å²) in [5.41, 5.74) is 3.16. The van der Waals surface area contributed by atoms with Crippen molar-refractivity contribution in [2.45, 2.75) is 41.5 Å². The van der Waals surface area contributed by atoms with E-state index in [2.05, 4.69) is 28.8 Å². The molecule has 0 fully saturated rings. The van der Waals surface area contributed by atoms with Gasteiger partial charge in [0, 0.05) is 66.2 Å².